The summed E-state index contributed by atoms with van der Waals surface area (Å²) in [5.74, 6) is 0.497. The van der Waals surface area contributed by atoms with Crippen molar-refractivity contribution < 1.29 is 18.0 Å². The Labute approximate surface area is 112 Å². The van der Waals surface area contributed by atoms with Gasteiger partial charge in [0.15, 0.2) is 5.82 Å². The van der Waals surface area contributed by atoms with Crippen molar-refractivity contribution >= 4 is 10.2 Å². The lowest BCUT2D eigenvalue weighted by Crippen LogP contribution is -2.47. The monoisotopic (exact) mass is 290 g/mol. The molecular weight excluding hydrogens is 272 g/mol. The molecule has 1 fully saturated rings. The molecule has 19 heavy (non-hydrogen) atoms. The number of nitrogens with zero attached hydrogens (tertiary/aromatic N) is 3. The van der Waals surface area contributed by atoms with Crippen LogP contribution in [-0.4, -0.2) is 54.2 Å². The average molecular weight is 290 g/mol. The van der Waals surface area contributed by atoms with E-state index in [0.717, 1.165) is 12.8 Å². The Morgan fingerprint density at radius 2 is 2.42 bits per heavy atom. The number of piperidine rings is 1. The molecule has 0 radical (unpaired) electrons. The maximum atomic E-state index is 12.0. The van der Waals surface area contributed by atoms with E-state index in [-0.39, 0.29) is 19.1 Å². The molecule has 1 aromatic heterocycles. The lowest BCUT2D eigenvalue weighted by molar-refractivity contribution is 0.165. The van der Waals surface area contributed by atoms with Crippen molar-refractivity contribution in [2.75, 3.05) is 26.2 Å². The van der Waals surface area contributed by atoms with Crippen LogP contribution in [0, 0.1) is 5.92 Å². The Hall–Kier alpha value is -1.03. The molecule has 1 saturated heterocycles. The van der Waals surface area contributed by atoms with Gasteiger partial charge in [0, 0.05) is 32.7 Å². The number of rotatable bonds is 6. The van der Waals surface area contributed by atoms with Crippen molar-refractivity contribution in [3.8, 4) is 0 Å². The molecule has 1 atom stereocenters. The summed E-state index contributed by atoms with van der Waals surface area (Å²) in [6.45, 7) is 1.11. The largest absolute Gasteiger partial charge is 0.396 e. The molecule has 9 heteroatoms. The molecule has 0 bridgehead atoms. The predicted octanol–water partition coefficient (Wildman–Crippen LogP) is -0.849. The van der Waals surface area contributed by atoms with E-state index < -0.39 is 10.2 Å². The summed E-state index contributed by atoms with van der Waals surface area (Å²) in [7, 11) is -3.49. The van der Waals surface area contributed by atoms with E-state index in [0.29, 0.717) is 25.3 Å². The Morgan fingerprint density at radius 3 is 3.11 bits per heavy atom. The Morgan fingerprint density at radius 1 is 1.58 bits per heavy atom. The predicted molar refractivity (Wildman–Crippen MR) is 66.3 cm³/mol. The van der Waals surface area contributed by atoms with Crippen LogP contribution in [0.3, 0.4) is 0 Å². The first-order valence-electron chi connectivity index (χ1n) is 6.22. The minimum absolute atomic E-state index is 0.0227. The number of nitrogens with one attached hydrogen (secondary N) is 1. The first-order chi connectivity index (χ1) is 9.12. The van der Waals surface area contributed by atoms with Crippen LogP contribution in [-0.2, 0) is 16.6 Å². The summed E-state index contributed by atoms with van der Waals surface area (Å²) in [5.41, 5.74) is 0. The van der Waals surface area contributed by atoms with E-state index in [2.05, 4.69) is 19.4 Å². The van der Waals surface area contributed by atoms with E-state index in [9.17, 15) is 8.42 Å². The first-order valence-corrected chi connectivity index (χ1v) is 7.66. The maximum Gasteiger partial charge on any atom is 0.279 e. The van der Waals surface area contributed by atoms with Gasteiger partial charge in [-0.05, 0) is 18.8 Å². The van der Waals surface area contributed by atoms with Crippen molar-refractivity contribution in [1.29, 1.82) is 0 Å². The first kappa shape index (κ1) is 14.4. The molecule has 108 valence electrons. The number of hydrogen-bond acceptors (Lipinski definition) is 6. The normalized spacial score (nSPS) is 21.6. The zero-order valence-electron chi connectivity index (χ0n) is 10.5. The molecule has 1 unspecified atom stereocenters. The SMILES string of the molecule is O=S(=O)(NCCc1ncon1)N1CCCC(CO)C1. The molecule has 1 aliphatic rings. The second-order valence-electron chi connectivity index (χ2n) is 4.55. The van der Waals surface area contributed by atoms with Gasteiger partial charge < -0.3 is 9.63 Å². The van der Waals surface area contributed by atoms with Crippen LogP contribution in [0.2, 0.25) is 0 Å². The van der Waals surface area contributed by atoms with Crippen molar-refractivity contribution in [1.82, 2.24) is 19.2 Å². The van der Waals surface area contributed by atoms with Crippen LogP contribution in [0.4, 0.5) is 0 Å². The van der Waals surface area contributed by atoms with Crippen LogP contribution < -0.4 is 4.72 Å². The van der Waals surface area contributed by atoms with Gasteiger partial charge in [-0.2, -0.15) is 17.7 Å². The fourth-order valence-corrected chi connectivity index (χ4v) is 3.40. The smallest absolute Gasteiger partial charge is 0.279 e. The summed E-state index contributed by atoms with van der Waals surface area (Å²) in [6, 6.07) is 0. The molecule has 2 rings (SSSR count). The highest BCUT2D eigenvalue weighted by Gasteiger charge is 2.28. The van der Waals surface area contributed by atoms with E-state index in [1.165, 1.54) is 10.7 Å². The van der Waals surface area contributed by atoms with Gasteiger partial charge in [0.2, 0.25) is 6.39 Å². The van der Waals surface area contributed by atoms with Crippen LogP contribution in [0.15, 0.2) is 10.9 Å². The van der Waals surface area contributed by atoms with Gasteiger partial charge in [-0.25, -0.2) is 4.72 Å². The summed E-state index contributed by atoms with van der Waals surface area (Å²) in [6.07, 6.45) is 3.23. The highest BCUT2D eigenvalue weighted by atomic mass is 32.2. The summed E-state index contributed by atoms with van der Waals surface area (Å²) in [5, 5.41) is 12.7. The molecule has 2 heterocycles. The molecule has 0 saturated carbocycles. The third-order valence-electron chi connectivity index (χ3n) is 3.12. The lowest BCUT2D eigenvalue weighted by Gasteiger charge is -2.30. The topological polar surface area (TPSA) is 109 Å². The lowest BCUT2D eigenvalue weighted by atomic mass is 10.0. The second kappa shape index (κ2) is 6.42. The van der Waals surface area contributed by atoms with E-state index in [4.69, 9.17) is 5.11 Å². The number of aromatic nitrogens is 2. The highest BCUT2D eigenvalue weighted by Crippen LogP contribution is 2.17. The molecule has 2 N–H and O–H groups in total. The van der Waals surface area contributed by atoms with Gasteiger partial charge in [-0.15, -0.1) is 0 Å². The molecule has 0 amide bonds. The number of hydrogen-bond donors (Lipinski definition) is 2. The molecule has 0 aromatic carbocycles. The van der Waals surface area contributed by atoms with Gasteiger partial charge in [0.25, 0.3) is 10.2 Å². The fraction of sp³-hybridized carbons (Fsp3) is 0.800. The van der Waals surface area contributed by atoms with Gasteiger partial charge in [-0.1, -0.05) is 5.16 Å². The number of aliphatic hydroxyl groups is 1. The molecule has 0 spiro atoms. The minimum Gasteiger partial charge on any atom is -0.396 e. The molecular formula is C10H18N4O4S. The van der Waals surface area contributed by atoms with Crippen molar-refractivity contribution in [3.05, 3.63) is 12.2 Å². The van der Waals surface area contributed by atoms with E-state index >= 15 is 0 Å². The van der Waals surface area contributed by atoms with Crippen LogP contribution in [0.5, 0.6) is 0 Å². The summed E-state index contributed by atoms with van der Waals surface area (Å²) in [4.78, 5) is 3.81. The average Bonchev–Trinajstić information content (AvgIpc) is 2.92. The second-order valence-corrected chi connectivity index (χ2v) is 6.30. The Balaban J connectivity index is 1.83. The van der Waals surface area contributed by atoms with E-state index in [1.807, 2.05) is 0 Å². The zero-order valence-corrected chi connectivity index (χ0v) is 11.3. The third kappa shape index (κ3) is 3.96. The van der Waals surface area contributed by atoms with Crippen molar-refractivity contribution in [3.63, 3.8) is 0 Å². The van der Waals surface area contributed by atoms with Gasteiger partial charge in [-0.3, -0.25) is 0 Å². The molecule has 1 aliphatic heterocycles. The van der Waals surface area contributed by atoms with Gasteiger partial charge >= 0.3 is 0 Å². The highest BCUT2D eigenvalue weighted by molar-refractivity contribution is 7.87. The standard InChI is InChI=1S/C10H18N4O4S/c15-7-9-2-1-5-14(6-9)19(16,17)12-4-3-10-11-8-18-13-10/h8-9,12,15H,1-7H2. The van der Waals surface area contributed by atoms with E-state index in [1.54, 1.807) is 0 Å². The number of aliphatic hydroxyl groups excluding tert-OH is 1. The quantitative estimate of drug-likeness (QED) is 0.706. The van der Waals surface area contributed by atoms with Crippen LogP contribution in [0.25, 0.3) is 0 Å². The van der Waals surface area contributed by atoms with Crippen LogP contribution >= 0.6 is 0 Å². The molecule has 0 aliphatic carbocycles. The molecule has 1 aromatic rings. The van der Waals surface area contributed by atoms with Crippen LogP contribution in [0.1, 0.15) is 18.7 Å². The summed E-state index contributed by atoms with van der Waals surface area (Å²) >= 11 is 0. The fourth-order valence-electron chi connectivity index (χ4n) is 2.08. The van der Waals surface area contributed by atoms with Gasteiger partial charge in [0.1, 0.15) is 0 Å². The van der Waals surface area contributed by atoms with Crippen molar-refractivity contribution in [2.45, 2.75) is 19.3 Å². The maximum absolute atomic E-state index is 12.0. The van der Waals surface area contributed by atoms with Crippen molar-refractivity contribution in [2.24, 2.45) is 5.92 Å². The van der Waals surface area contributed by atoms with Gasteiger partial charge in [0.05, 0.1) is 0 Å². The zero-order chi connectivity index (χ0) is 13.7. The Bertz CT molecular complexity index is 476. The third-order valence-corrected chi connectivity index (χ3v) is 4.70. The Kier molecular flexibility index (Phi) is 4.86. The minimum atomic E-state index is -3.49. The molecule has 8 nitrogen and oxygen atoms in total. The summed E-state index contributed by atoms with van der Waals surface area (Å²) < 4.78 is 32.5.